The molecular formula is C51H72O23. The van der Waals surface area contributed by atoms with Crippen molar-refractivity contribution in [2.24, 2.45) is 0 Å². The minimum absolute atomic E-state index is 0.0216. The first-order valence-corrected chi connectivity index (χ1v) is 25.1. The van der Waals surface area contributed by atoms with Gasteiger partial charge in [-0.15, -0.1) is 0 Å². The van der Waals surface area contributed by atoms with Gasteiger partial charge in [0.05, 0.1) is 71.3 Å². The second kappa shape index (κ2) is 22.3. The van der Waals surface area contributed by atoms with E-state index in [9.17, 15) is 61.0 Å². The van der Waals surface area contributed by atoms with E-state index < -0.39 is 163 Å². The minimum atomic E-state index is -1.56. The van der Waals surface area contributed by atoms with Crippen LogP contribution < -0.4 is 9.47 Å². The number of ether oxygens (including phenoxy) is 11. The number of carbonyl (C=O) groups excluding carboxylic acids is 1. The Morgan fingerprint density at radius 2 is 1.08 bits per heavy atom. The Hall–Kier alpha value is -3.83. The van der Waals surface area contributed by atoms with Crippen LogP contribution in [0, 0.1) is 6.92 Å². The van der Waals surface area contributed by atoms with Gasteiger partial charge in [-0.3, -0.25) is 4.79 Å². The van der Waals surface area contributed by atoms with Crippen LogP contribution in [0.1, 0.15) is 97.8 Å². The predicted molar refractivity (Wildman–Crippen MR) is 255 cm³/mol. The van der Waals surface area contributed by atoms with Crippen LogP contribution in [0.15, 0.2) is 18.2 Å². The van der Waals surface area contributed by atoms with Gasteiger partial charge in [-0.25, -0.2) is 0 Å². The zero-order chi connectivity index (χ0) is 54.0. The third-order valence-electron chi connectivity index (χ3n) is 15.0. The summed E-state index contributed by atoms with van der Waals surface area (Å²) >= 11 is 0. The SMILES string of the molecule is COC(C(=O)C(C)O)c1cc2cc3cc(OC4CC(OC5CC(O)C(O)C(C)O5)C(O)C(C)O4)c(C)c(O)c3c(O)c2c(O)c1OC1CC(OC2CC(OC3CC(C)(O)C(O)C(C)O3)C(O)C(C)O2)C(O)C(C)O1. The Bertz CT molecular complexity index is 2460. The van der Waals surface area contributed by atoms with Crippen molar-refractivity contribution in [2.45, 2.75) is 222 Å². The van der Waals surface area contributed by atoms with Crippen LogP contribution in [-0.2, 0) is 47.4 Å². The van der Waals surface area contributed by atoms with Crippen molar-refractivity contribution in [3.8, 4) is 28.7 Å². The zero-order valence-corrected chi connectivity index (χ0v) is 42.7. The molecule has 3 aromatic rings. The maximum Gasteiger partial charge on any atom is 0.203 e. The number of methoxy groups -OCH3 is 1. The molecule has 414 valence electrons. The van der Waals surface area contributed by atoms with Gasteiger partial charge in [0.2, 0.25) is 12.6 Å². The molecule has 5 heterocycles. The lowest BCUT2D eigenvalue weighted by Crippen LogP contribution is -2.58. The number of hydrogen-bond acceptors (Lipinski definition) is 23. The fourth-order valence-electron chi connectivity index (χ4n) is 10.6. The summed E-state index contributed by atoms with van der Waals surface area (Å²) in [5, 5.41) is 122. The van der Waals surface area contributed by atoms with Crippen molar-refractivity contribution < 1.29 is 113 Å². The van der Waals surface area contributed by atoms with E-state index in [1.54, 1.807) is 34.6 Å². The van der Waals surface area contributed by atoms with Crippen LogP contribution in [0.5, 0.6) is 28.7 Å². The molecule has 0 bridgehead atoms. The molecule has 0 spiro atoms. The molecule has 3 aromatic carbocycles. The van der Waals surface area contributed by atoms with Gasteiger partial charge in [0.1, 0.15) is 60.0 Å². The first-order chi connectivity index (χ1) is 34.8. The number of fused-ring (bicyclic) bond motifs is 2. The average Bonchev–Trinajstić information content (AvgIpc) is 3.32. The largest absolute Gasteiger partial charge is 0.507 e. The van der Waals surface area contributed by atoms with Gasteiger partial charge in [0.25, 0.3) is 0 Å². The maximum atomic E-state index is 13.6. The fourth-order valence-corrected chi connectivity index (χ4v) is 10.6. The molecule has 5 fully saturated rings. The molecule has 22 atom stereocenters. The molecule has 0 aliphatic carbocycles. The summed E-state index contributed by atoms with van der Waals surface area (Å²) in [5.74, 6) is -2.83. The van der Waals surface area contributed by atoms with Gasteiger partial charge < -0.3 is 108 Å². The highest BCUT2D eigenvalue weighted by molar-refractivity contribution is 6.11. The number of Topliss-reactive ketones (excluding diaryl/α,β-unsaturated/α-hetero) is 1. The Kier molecular flexibility index (Phi) is 17.0. The highest BCUT2D eigenvalue weighted by Gasteiger charge is 2.48. The molecule has 5 aliphatic rings. The van der Waals surface area contributed by atoms with E-state index in [1.807, 2.05) is 0 Å². The minimum Gasteiger partial charge on any atom is -0.507 e. The lowest BCUT2D eigenvalue weighted by atomic mass is 9.89. The number of benzene rings is 3. The number of ketones is 1. The summed E-state index contributed by atoms with van der Waals surface area (Å²) in [6.07, 6.45) is -22.8. The van der Waals surface area contributed by atoms with Crippen molar-refractivity contribution in [1.29, 1.82) is 0 Å². The second-order valence-electron chi connectivity index (χ2n) is 20.7. The van der Waals surface area contributed by atoms with Crippen LogP contribution >= 0.6 is 0 Å². The number of phenolic OH excluding ortho intramolecular Hbond substituents is 3. The molecule has 22 unspecified atom stereocenters. The number of aromatic hydroxyl groups is 3. The lowest BCUT2D eigenvalue weighted by molar-refractivity contribution is -0.330. The van der Waals surface area contributed by atoms with E-state index in [0.29, 0.717) is 0 Å². The highest BCUT2D eigenvalue weighted by Crippen LogP contribution is 2.52. The summed E-state index contributed by atoms with van der Waals surface area (Å²) in [4.78, 5) is 13.6. The first-order valence-electron chi connectivity index (χ1n) is 25.1. The van der Waals surface area contributed by atoms with Gasteiger partial charge in [-0.05, 0) is 84.4 Å². The molecule has 5 aliphatic heterocycles. The van der Waals surface area contributed by atoms with Crippen LogP contribution in [0.4, 0.5) is 0 Å². The fraction of sp³-hybridized carbons (Fsp3) is 0.706. The number of rotatable bonds is 14. The molecule has 8 rings (SSSR count). The highest BCUT2D eigenvalue weighted by atomic mass is 16.7. The Morgan fingerprint density at radius 3 is 1.61 bits per heavy atom. The van der Waals surface area contributed by atoms with Gasteiger partial charge >= 0.3 is 0 Å². The van der Waals surface area contributed by atoms with Gasteiger partial charge in [0, 0.05) is 50.3 Å². The monoisotopic (exact) mass is 1050 g/mol. The van der Waals surface area contributed by atoms with Crippen LogP contribution in [0.3, 0.4) is 0 Å². The van der Waals surface area contributed by atoms with Crippen molar-refractivity contribution >= 4 is 27.3 Å². The maximum absolute atomic E-state index is 13.6. The normalized spacial score (nSPS) is 39.9. The quantitative estimate of drug-likeness (QED) is 0.102. The van der Waals surface area contributed by atoms with Crippen LogP contribution in [0.25, 0.3) is 21.5 Å². The molecule has 0 aromatic heterocycles. The van der Waals surface area contributed by atoms with E-state index in [1.165, 1.54) is 46.1 Å². The number of hydrogen-bond donors (Lipinski definition) is 11. The molecule has 0 amide bonds. The summed E-state index contributed by atoms with van der Waals surface area (Å²) in [6, 6.07) is 4.44. The molecule has 0 radical (unpaired) electrons. The summed E-state index contributed by atoms with van der Waals surface area (Å²) < 4.78 is 66.3. The summed E-state index contributed by atoms with van der Waals surface area (Å²) in [5.41, 5.74) is -1.46. The van der Waals surface area contributed by atoms with Gasteiger partial charge in [0.15, 0.2) is 36.2 Å². The smallest absolute Gasteiger partial charge is 0.203 e. The van der Waals surface area contributed by atoms with Gasteiger partial charge in [-0.1, -0.05) is 0 Å². The lowest BCUT2D eigenvalue weighted by Gasteiger charge is -2.45. The molecule has 74 heavy (non-hydrogen) atoms. The zero-order valence-electron chi connectivity index (χ0n) is 42.7. The molecule has 11 N–H and O–H groups in total. The average molecular weight is 1050 g/mol. The van der Waals surface area contributed by atoms with E-state index in [4.69, 9.17) is 52.1 Å². The van der Waals surface area contributed by atoms with E-state index >= 15 is 0 Å². The molecular weight excluding hydrogens is 981 g/mol. The topological polar surface area (TPSA) is 341 Å². The third-order valence-corrected chi connectivity index (χ3v) is 15.0. The first kappa shape index (κ1) is 56.4. The van der Waals surface area contributed by atoms with E-state index in [-0.39, 0.29) is 70.5 Å². The molecule has 23 nitrogen and oxygen atoms in total. The standard InChI is InChI=1S/C51H72O23/c1-18-29(70-34-14-30(43(57)21(4)66-34)71-33-13-28(53)42(56)20(3)65-33)12-26-10-25-11-27(48(64-9)41(55)19(2)52)49(47(61)39(25)46(60)38(26)40(18)54)74-36-16-31(44(58)23(6)68-36)72-35-15-32(45(59)22(5)67-35)73-37-17-51(8,63)50(62)24(7)69-37/h10-12,19-24,28,30-37,42-45,48,50,52-54,56-63H,13-17H2,1-9H3. The van der Waals surface area contributed by atoms with E-state index in [0.717, 1.165) is 0 Å². The number of carbonyl (C=O) groups is 1. The predicted octanol–water partition coefficient (Wildman–Crippen LogP) is 1.56. The van der Waals surface area contributed by atoms with Gasteiger partial charge in [-0.2, -0.15) is 0 Å². The van der Waals surface area contributed by atoms with Crippen molar-refractivity contribution in [3.05, 3.63) is 29.3 Å². The van der Waals surface area contributed by atoms with Crippen LogP contribution in [0.2, 0.25) is 0 Å². The molecule has 5 saturated heterocycles. The third kappa shape index (κ3) is 11.3. The second-order valence-corrected chi connectivity index (χ2v) is 20.7. The number of phenols is 3. The Balaban J connectivity index is 1.07. The molecule has 0 saturated carbocycles. The van der Waals surface area contributed by atoms with Crippen molar-refractivity contribution in [1.82, 2.24) is 0 Å². The Morgan fingerprint density at radius 1 is 0.622 bits per heavy atom. The molecule has 23 heteroatoms. The number of aliphatic hydroxyl groups excluding tert-OH is 7. The number of aliphatic hydroxyl groups is 8. The summed E-state index contributed by atoms with van der Waals surface area (Å²) in [6.45, 7) is 12.2. The van der Waals surface area contributed by atoms with E-state index in [2.05, 4.69) is 0 Å². The van der Waals surface area contributed by atoms with Crippen molar-refractivity contribution in [3.63, 3.8) is 0 Å². The van der Waals surface area contributed by atoms with Crippen LogP contribution in [-0.4, -0.2) is 198 Å². The van der Waals surface area contributed by atoms with Crippen molar-refractivity contribution in [2.75, 3.05) is 7.11 Å². The Labute approximate surface area is 426 Å². The summed E-state index contributed by atoms with van der Waals surface area (Å²) in [7, 11) is 1.21.